The number of benzene rings is 1. The summed E-state index contributed by atoms with van der Waals surface area (Å²) < 4.78 is 25.4. The van der Waals surface area contributed by atoms with Gasteiger partial charge >= 0.3 is 0 Å². The zero-order chi connectivity index (χ0) is 23.1. The molecular weight excluding hydrogens is 428 g/mol. The molecule has 0 unspecified atom stereocenters. The quantitative estimate of drug-likeness (QED) is 0.428. The first-order chi connectivity index (χ1) is 14.4. The van der Waals surface area contributed by atoms with Crippen molar-refractivity contribution in [1.82, 2.24) is 9.97 Å². The van der Waals surface area contributed by atoms with Gasteiger partial charge in [0.15, 0.2) is 9.84 Å². The summed E-state index contributed by atoms with van der Waals surface area (Å²) >= 11 is 6.43. The predicted octanol–water partition coefficient (Wildman–Crippen LogP) is 6.69. The van der Waals surface area contributed by atoms with Crippen LogP contribution in [0.1, 0.15) is 56.0 Å². The van der Waals surface area contributed by atoms with E-state index < -0.39 is 15.1 Å². The maximum absolute atomic E-state index is 12.7. The van der Waals surface area contributed by atoms with Gasteiger partial charge in [0.1, 0.15) is 0 Å². The van der Waals surface area contributed by atoms with E-state index in [4.69, 9.17) is 11.6 Å². The highest BCUT2D eigenvalue weighted by Gasteiger charge is 2.23. The third kappa shape index (κ3) is 4.39. The lowest BCUT2D eigenvalue weighted by Gasteiger charge is -2.17. The number of hydrogen-bond donors (Lipinski definition) is 0. The molecule has 2 heterocycles. The Morgan fingerprint density at radius 3 is 2.06 bits per heavy atom. The Bertz CT molecular complexity index is 1250. The molecule has 0 saturated heterocycles. The summed E-state index contributed by atoms with van der Waals surface area (Å²) in [5.74, 6) is 0.339. The summed E-state index contributed by atoms with van der Waals surface area (Å²) in [6.07, 6.45) is 3.51. The van der Waals surface area contributed by atoms with Crippen molar-refractivity contribution in [3.05, 3.63) is 64.1 Å². The smallest absolute Gasteiger partial charge is 0.180 e. The molecule has 0 bridgehead atoms. The predicted molar refractivity (Wildman–Crippen MR) is 129 cm³/mol. The molecule has 4 nitrogen and oxygen atoms in total. The SMILES string of the molecule is Cc1cc(-c2c(-c3cnc(C(C)C)c(C)c3)ncc(Cl)c2C)ccc1S(=O)(=O)C(C)C. The third-order valence-corrected chi connectivity index (χ3v) is 8.30. The van der Waals surface area contributed by atoms with E-state index in [1.807, 2.05) is 32.2 Å². The first-order valence-electron chi connectivity index (χ1n) is 10.4. The minimum atomic E-state index is -3.36. The molecule has 0 aliphatic heterocycles. The lowest BCUT2D eigenvalue weighted by atomic mass is 9.94. The van der Waals surface area contributed by atoms with Gasteiger partial charge in [0.2, 0.25) is 0 Å². The van der Waals surface area contributed by atoms with Crippen LogP contribution in [0.15, 0.2) is 41.6 Å². The average molecular weight is 457 g/mol. The Balaban J connectivity index is 2.23. The second-order valence-corrected chi connectivity index (χ2v) is 11.5. The van der Waals surface area contributed by atoms with Crippen LogP contribution in [0.3, 0.4) is 0 Å². The number of halogens is 1. The highest BCUT2D eigenvalue weighted by molar-refractivity contribution is 7.92. The fraction of sp³-hybridized carbons (Fsp3) is 0.360. The Hall–Kier alpha value is -2.24. The molecule has 1 aromatic carbocycles. The van der Waals surface area contributed by atoms with E-state index in [0.29, 0.717) is 21.4 Å². The Labute approximate surface area is 190 Å². The van der Waals surface area contributed by atoms with Crippen molar-refractivity contribution in [2.24, 2.45) is 0 Å². The maximum atomic E-state index is 12.7. The van der Waals surface area contributed by atoms with Crippen molar-refractivity contribution in [2.75, 3.05) is 0 Å². The molecule has 2 aromatic heterocycles. The minimum Gasteiger partial charge on any atom is -0.260 e. The van der Waals surface area contributed by atoms with Crippen molar-refractivity contribution >= 4 is 21.4 Å². The number of nitrogens with zero attached hydrogens (tertiary/aromatic N) is 2. The van der Waals surface area contributed by atoms with Crippen molar-refractivity contribution in [2.45, 2.75) is 64.5 Å². The molecule has 164 valence electrons. The summed E-state index contributed by atoms with van der Waals surface area (Å²) in [6, 6.07) is 7.54. The fourth-order valence-corrected chi connectivity index (χ4v) is 5.27. The molecule has 0 saturated carbocycles. The van der Waals surface area contributed by atoms with Crippen LogP contribution in [-0.2, 0) is 9.84 Å². The van der Waals surface area contributed by atoms with Gasteiger partial charge < -0.3 is 0 Å². The second-order valence-electron chi connectivity index (χ2n) is 8.61. The summed E-state index contributed by atoms with van der Waals surface area (Å²) in [6.45, 7) is 13.5. The van der Waals surface area contributed by atoms with Gasteiger partial charge in [-0.25, -0.2) is 8.42 Å². The first kappa shape index (κ1) is 23.4. The van der Waals surface area contributed by atoms with E-state index in [-0.39, 0.29) is 0 Å². The summed E-state index contributed by atoms with van der Waals surface area (Å²) in [5.41, 5.74) is 7.25. The molecule has 0 radical (unpaired) electrons. The topological polar surface area (TPSA) is 59.9 Å². The van der Waals surface area contributed by atoms with E-state index in [2.05, 4.69) is 36.8 Å². The van der Waals surface area contributed by atoms with E-state index in [9.17, 15) is 8.42 Å². The van der Waals surface area contributed by atoms with Crippen LogP contribution in [0, 0.1) is 20.8 Å². The van der Waals surface area contributed by atoms with Crippen molar-refractivity contribution in [3.8, 4) is 22.4 Å². The van der Waals surface area contributed by atoms with Gasteiger partial charge in [-0.3, -0.25) is 9.97 Å². The Morgan fingerprint density at radius 1 is 0.871 bits per heavy atom. The van der Waals surface area contributed by atoms with Crippen molar-refractivity contribution in [1.29, 1.82) is 0 Å². The monoisotopic (exact) mass is 456 g/mol. The zero-order valence-electron chi connectivity index (χ0n) is 19.1. The molecule has 0 spiro atoms. The van der Waals surface area contributed by atoms with Gasteiger partial charge in [-0.05, 0) is 74.9 Å². The zero-order valence-corrected chi connectivity index (χ0v) is 20.7. The minimum absolute atomic E-state index is 0.339. The summed E-state index contributed by atoms with van der Waals surface area (Å²) in [7, 11) is -3.36. The fourth-order valence-electron chi connectivity index (χ4n) is 3.85. The number of aryl methyl sites for hydroxylation is 2. The van der Waals surface area contributed by atoms with Crippen molar-refractivity contribution < 1.29 is 8.42 Å². The van der Waals surface area contributed by atoms with Crippen molar-refractivity contribution in [3.63, 3.8) is 0 Å². The number of pyridine rings is 2. The summed E-state index contributed by atoms with van der Waals surface area (Å²) in [5, 5.41) is 0.0921. The molecule has 6 heteroatoms. The lowest BCUT2D eigenvalue weighted by Crippen LogP contribution is -2.15. The van der Waals surface area contributed by atoms with Crippen LogP contribution >= 0.6 is 11.6 Å². The lowest BCUT2D eigenvalue weighted by molar-refractivity contribution is 0.587. The van der Waals surface area contributed by atoms with E-state index in [1.54, 1.807) is 26.1 Å². The molecule has 0 N–H and O–H groups in total. The first-order valence-corrected chi connectivity index (χ1v) is 12.3. The number of sulfone groups is 1. The van der Waals surface area contributed by atoms with Crippen LogP contribution in [0.25, 0.3) is 22.4 Å². The molecule has 0 aliphatic rings. The molecule has 0 fully saturated rings. The van der Waals surface area contributed by atoms with Gasteiger partial charge in [0.05, 0.1) is 20.9 Å². The van der Waals surface area contributed by atoms with Crippen LogP contribution < -0.4 is 0 Å². The molecule has 3 rings (SSSR count). The highest BCUT2D eigenvalue weighted by Crippen LogP contribution is 2.38. The molecular formula is C25H29ClN2O2S. The number of aromatic nitrogens is 2. The third-order valence-electron chi connectivity index (χ3n) is 5.61. The molecule has 0 atom stereocenters. The molecule has 0 aliphatic carbocycles. The van der Waals surface area contributed by atoms with E-state index in [0.717, 1.165) is 39.2 Å². The van der Waals surface area contributed by atoms with Gasteiger partial charge in [-0.1, -0.05) is 37.6 Å². The van der Waals surface area contributed by atoms with Gasteiger partial charge in [-0.2, -0.15) is 0 Å². The van der Waals surface area contributed by atoms with Crippen LogP contribution in [0.5, 0.6) is 0 Å². The molecule has 31 heavy (non-hydrogen) atoms. The van der Waals surface area contributed by atoms with Gasteiger partial charge in [0, 0.05) is 29.2 Å². The van der Waals surface area contributed by atoms with Crippen LogP contribution in [0.2, 0.25) is 5.02 Å². The van der Waals surface area contributed by atoms with E-state index in [1.165, 1.54) is 0 Å². The van der Waals surface area contributed by atoms with Crippen LogP contribution in [0.4, 0.5) is 0 Å². The second kappa shape index (κ2) is 8.71. The normalized spacial score (nSPS) is 12.1. The standard InChI is InChI=1S/C25H29ClN2O2S/c1-14(2)24-17(6)11-20(12-27-24)25-23(18(7)21(26)13-28-25)19-8-9-22(16(5)10-19)31(29,30)15(3)4/h8-15H,1-7H3. The number of hydrogen-bond acceptors (Lipinski definition) is 4. The summed E-state index contributed by atoms with van der Waals surface area (Å²) in [4.78, 5) is 9.67. The largest absolute Gasteiger partial charge is 0.260 e. The Morgan fingerprint density at radius 2 is 1.52 bits per heavy atom. The number of rotatable bonds is 5. The average Bonchev–Trinajstić information content (AvgIpc) is 2.69. The highest BCUT2D eigenvalue weighted by atomic mass is 35.5. The maximum Gasteiger partial charge on any atom is 0.180 e. The Kier molecular flexibility index (Phi) is 6.59. The van der Waals surface area contributed by atoms with Crippen LogP contribution in [-0.4, -0.2) is 23.6 Å². The van der Waals surface area contributed by atoms with Gasteiger partial charge in [0.25, 0.3) is 0 Å². The molecule has 3 aromatic rings. The molecule has 0 amide bonds. The van der Waals surface area contributed by atoms with Gasteiger partial charge in [-0.15, -0.1) is 0 Å². The van der Waals surface area contributed by atoms with E-state index >= 15 is 0 Å².